The van der Waals surface area contributed by atoms with Gasteiger partial charge in [0.25, 0.3) is 0 Å². The van der Waals surface area contributed by atoms with Gasteiger partial charge in [0.05, 0.1) is 25.2 Å². The summed E-state index contributed by atoms with van der Waals surface area (Å²) in [6, 6.07) is -0.737. The molecular formula is C57H97NO5. The van der Waals surface area contributed by atoms with Crippen LogP contribution in [0.25, 0.3) is 0 Å². The van der Waals surface area contributed by atoms with Crippen LogP contribution < -0.4 is 5.32 Å². The van der Waals surface area contributed by atoms with Crippen molar-refractivity contribution >= 4 is 11.9 Å². The Bertz CT molecular complexity index is 1260. The molecule has 0 fully saturated rings. The lowest BCUT2D eigenvalue weighted by atomic mass is 10.0. The van der Waals surface area contributed by atoms with Crippen molar-refractivity contribution in [3.05, 3.63) is 97.2 Å². The lowest BCUT2D eigenvalue weighted by molar-refractivity contribution is -0.151. The summed E-state index contributed by atoms with van der Waals surface area (Å²) in [6.07, 6.45) is 66.1. The molecule has 0 bridgehead atoms. The highest BCUT2D eigenvalue weighted by atomic mass is 16.5. The molecule has 0 spiro atoms. The molecule has 0 saturated carbocycles. The van der Waals surface area contributed by atoms with Gasteiger partial charge in [0, 0.05) is 6.42 Å². The zero-order chi connectivity index (χ0) is 45.9. The standard InChI is InChI=1S/C57H97NO5/c1-4-7-10-13-16-19-22-25-27-29-32-35-38-41-44-47-50-57(62)63-53(48-45-42-39-36-33-31-28-26-23-20-17-14-11-8-5-2)51-56(61)58-54(52-59)55(60)49-46-43-40-37-34-30-24-21-18-15-12-9-6-3/h8,11,14,17,20,23,26-29,31-33,35-36,39,53-55,59-60H,4-7,9-10,12-13,15-16,18-19,21-22,24-25,30,34,37-38,40-52H2,1-3H3,(H,58,61)/b11-8-,17-14+,23-20+,28-26-,29-27+,33-31+,35-32+,39-36+. The van der Waals surface area contributed by atoms with Gasteiger partial charge in [-0.2, -0.15) is 0 Å². The number of ether oxygens (including phenoxy) is 1. The average molecular weight is 876 g/mol. The Labute approximate surface area is 388 Å². The zero-order valence-electron chi connectivity index (χ0n) is 40.9. The lowest BCUT2D eigenvalue weighted by Gasteiger charge is -2.24. The molecule has 0 aliphatic rings. The molecule has 0 aromatic rings. The second-order valence-electron chi connectivity index (χ2n) is 17.4. The predicted octanol–water partition coefficient (Wildman–Crippen LogP) is 15.7. The van der Waals surface area contributed by atoms with Gasteiger partial charge < -0.3 is 20.3 Å². The quantitative estimate of drug-likeness (QED) is 0.0322. The van der Waals surface area contributed by atoms with Gasteiger partial charge in [0.2, 0.25) is 5.91 Å². The van der Waals surface area contributed by atoms with Crippen LogP contribution in [0.4, 0.5) is 0 Å². The van der Waals surface area contributed by atoms with E-state index in [0.29, 0.717) is 19.3 Å². The molecule has 6 nitrogen and oxygen atoms in total. The molecule has 3 unspecified atom stereocenters. The second kappa shape index (κ2) is 49.8. The number of carbonyl (C=O) groups excluding carboxylic acids is 2. The van der Waals surface area contributed by atoms with Crippen LogP contribution in [-0.4, -0.2) is 46.9 Å². The van der Waals surface area contributed by atoms with Gasteiger partial charge in [-0.15, -0.1) is 0 Å². The smallest absolute Gasteiger partial charge is 0.306 e. The molecular weight excluding hydrogens is 779 g/mol. The zero-order valence-corrected chi connectivity index (χ0v) is 40.9. The number of nitrogens with one attached hydrogen (secondary N) is 1. The molecule has 360 valence electrons. The summed E-state index contributed by atoms with van der Waals surface area (Å²) in [5.41, 5.74) is 0. The van der Waals surface area contributed by atoms with E-state index in [4.69, 9.17) is 4.74 Å². The molecule has 0 aliphatic carbocycles. The Hall–Kier alpha value is -3.22. The average Bonchev–Trinajstić information content (AvgIpc) is 3.28. The van der Waals surface area contributed by atoms with Crippen molar-refractivity contribution in [3.8, 4) is 0 Å². The molecule has 63 heavy (non-hydrogen) atoms. The van der Waals surface area contributed by atoms with Crippen molar-refractivity contribution < 1.29 is 24.5 Å². The van der Waals surface area contributed by atoms with E-state index in [2.05, 4.69) is 62.5 Å². The molecule has 3 N–H and O–H groups in total. The fourth-order valence-corrected chi connectivity index (χ4v) is 7.40. The highest BCUT2D eigenvalue weighted by Gasteiger charge is 2.24. The van der Waals surface area contributed by atoms with Gasteiger partial charge in [-0.05, 0) is 64.2 Å². The molecule has 0 aromatic heterocycles. The van der Waals surface area contributed by atoms with Gasteiger partial charge >= 0.3 is 5.97 Å². The first-order valence-electron chi connectivity index (χ1n) is 26.1. The predicted molar refractivity (Wildman–Crippen MR) is 273 cm³/mol. The summed E-state index contributed by atoms with van der Waals surface area (Å²) in [5, 5.41) is 23.7. The maximum atomic E-state index is 13.2. The van der Waals surface area contributed by atoms with Crippen LogP contribution in [0.1, 0.15) is 226 Å². The number of esters is 1. The SMILES string of the molecule is CC\C=C/C=C/C=C/C=C\C=C\C=C\CCCC(CC(=O)NC(CO)C(O)CCCCCCCCCCCCCCC)OC(=O)CCCCC/C=C/C=C/CCCCCCCCC. The number of aliphatic hydroxyl groups excluding tert-OH is 2. The fraction of sp³-hybridized carbons (Fsp3) is 0.684. The number of aliphatic hydroxyl groups is 2. The molecule has 0 heterocycles. The topological polar surface area (TPSA) is 95.9 Å². The number of hydrogen-bond donors (Lipinski definition) is 3. The normalized spacial score (nSPS) is 14.0. The Kier molecular flexibility index (Phi) is 47.2. The van der Waals surface area contributed by atoms with E-state index in [0.717, 1.165) is 70.6 Å². The van der Waals surface area contributed by atoms with Crippen LogP contribution in [0, 0.1) is 0 Å². The minimum absolute atomic E-state index is 0.0109. The third-order valence-electron chi connectivity index (χ3n) is 11.3. The van der Waals surface area contributed by atoms with E-state index in [9.17, 15) is 19.8 Å². The van der Waals surface area contributed by atoms with E-state index in [1.54, 1.807) is 0 Å². The van der Waals surface area contributed by atoms with E-state index < -0.39 is 18.2 Å². The Morgan fingerprint density at radius 1 is 0.476 bits per heavy atom. The Morgan fingerprint density at radius 2 is 0.873 bits per heavy atom. The summed E-state index contributed by atoms with van der Waals surface area (Å²) in [4.78, 5) is 26.1. The van der Waals surface area contributed by atoms with Gasteiger partial charge in [-0.1, -0.05) is 246 Å². The van der Waals surface area contributed by atoms with Gasteiger partial charge in [-0.3, -0.25) is 9.59 Å². The maximum Gasteiger partial charge on any atom is 0.306 e. The van der Waals surface area contributed by atoms with E-state index in [1.165, 1.54) is 109 Å². The van der Waals surface area contributed by atoms with Crippen LogP contribution in [0.3, 0.4) is 0 Å². The van der Waals surface area contributed by atoms with Crippen LogP contribution in [0.15, 0.2) is 97.2 Å². The van der Waals surface area contributed by atoms with Crippen LogP contribution in [0.2, 0.25) is 0 Å². The first kappa shape index (κ1) is 59.8. The minimum atomic E-state index is -0.817. The van der Waals surface area contributed by atoms with Crippen molar-refractivity contribution in [2.24, 2.45) is 0 Å². The number of carbonyl (C=O) groups is 2. The summed E-state index contributed by atoms with van der Waals surface area (Å²) in [5.74, 6) is -0.586. The van der Waals surface area contributed by atoms with E-state index >= 15 is 0 Å². The molecule has 0 aromatic carbocycles. The Morgan fingerprint density at radius 3 is 1.35 bits per heavy atom. The first-order chi connectivity index (χ1) is 31.0. The van der Waals surface area contributed by atoms with Crippen LogP contribution >= 0.6 is 0 Å². The molecule has 0 rings (SSSR count). The maximum absolute atomic E-state index is 13.2. The number of allylic oxidation sites excluding steroid dienone is 16. The summed E-state index contributed by atoms with van der Waals surface area (Å²) < 4.78 is 5.88. The summed E-state index contributed by atoms with van der Waals surface area (Å²) in [6.45, 7) is 6.30. The van der Waals surface area contributed by atoms with Crippen molar-refractivity contribution in [2.45, 2.75) is 244 Å². The second-order valence-corrected chi connectivity index (χ2v) is 17.4. The van der Waals surface area contributed by atoms with E-state index in [1.807, 2.05) is 60.8 Å². The van der Waals surface area contributed by atoms with Crippen LogP contribution in [0.5, 0.6) is 0 Å². The van der Waals surface area contributed by atoms with E-state index in [-0.39, 0.29) is 24.9 Å². The van der Waals surface area contributed by atoms with Crippen molar-refractivity contribution in [1.29, 1.82) is 0 Å². The molecule has 0 aliphatic heterocycles. The summed E-state index contributed by atoms with van der Waals surface area (Å²) >= 11 is 0. The molecule has 6 heteroatoms. The summed E-state index contributed by atoms with van der Waals surface area (Å²) in [7, 11) is 0. The number of unbranched alkanes of at least 4 members (excludes halogenated alkanes) is 23. The molecule has 1 amide bonds. The first-order valence-corrected chi connectivity index (χ1v) is 26.1. The van der Waals surface area contributed by atoms with Gasteiger partial charge in [-0.25, -0.2) is 0 Å². The molecule has 0 radical (unpaired) electrons. The van der Waals surface area contributed by atoms with Crippen molar-refractivity contribution in [1.82, 2.24) is 5.32 Å². The fourth-order valence-electron chi connectivity index (χ4n) is 7.40. The van der Waals surface area contributed by atoms with Crippen LogP contribution in [-0.2, 0) is 14.3 Å². The largest absolute Gasteiger partial charge is 0.462 e. The molecule has 0 saturated heterocycles. The highest BCUT2D eigenvalue weighted by molar-refractivity contribution is 5.77. The van der Waals surface area contributed by atoms with Gasteiger partial charge in [0.1, 0.15) is 6.10 Å². The third-order valence-corrected chi connectivity index (χ3v) is 11.3. The van der Waals surface area contributed by atoms with Crippen molar-refractivity contribution in [2.75, 3.05) is 6.61 Å². The highest BCUT2D eigenvalue weighted by Crippen LogP contribution is 2.16. The number of hydrogen-bond acceptors (Lipinski definition) is 5. The molecule has 3 atom stereocenters. The monoisotopic (exact) mass is 876 g/mol. The third kappa shape index (κ3) is 45.2. The lowest BCUT2D eigenvalue weighted by Crippen LogP contribution is -2.46. The minimum Gasteiger partial charge on any atom is -0.462 e. The number of rotatable bonds is 45. The Balaban J connectivity index is 4.78. The number of amides is 1. The van der Waals surface area contributed by atoms with Crippen molar-refractivity contribution in [3.63, 3.8) is 0 Å². The van der Waals surface area contributed by atoms with Gasteiger partial charge in [0.15, 0.2) is 0 Å².